The van der Waals surface area contributed by atoms with Gasteiger partial charge in [0, 0.05) is 18.6 Å². The Morgan fingerprint density at radius 1 is 1.21 bits per heavy atom. The minimum absolute atomic E-state index is 0.466. The zero-order valence-electron chi connectivity index (χ0n) is 12.7. The van der Waals surface area contributed by atoms with Crippen molar-refractivity contribution in [3.63, 3.8) is 0 Å². The van der Waals surface area contributed by atoms with Crippen LogP contribution in [-0.2, 0) is 4.74 Å². The molecule has 2 nitrogen and oxygen atoms in total. The Hall–Kier alpha value is -0.0800. The molecule has 1 heterocycles. The highest BCUT2D eigenvalue weighted by Crippen LogP contribution is 2.50. The third-order valence-corrected chi connectivity index (χ3v) is 6.05. The van der Waals surface area contributed by atoms with E-state index in [0.29, 0.717) is 12.1 Å². The molecule has 3 fully saturated rings. The highest BCUT2D eigenvalue weighted by atomic mass is 16.5. The van der Waals surface area contributed by atoms with E-state index < -0.39 is 0 Å². The number of fused-ring (bicyclic) bond motifs is 2. The molecule has 1 aliphatic heterocycles. The van der Waals surface area contributed by atoms with Crippen LogP contribution in [0.25, 0.3) is 0 Å². The van der Waals surface area contributed by atoms with Crippen molar-refractivity contribution in [2.45, 2.75) is 70.9 Å². The van der Waals surface area contributed by atoms with Gasteiger partial charge < -0.3 is 10.1 Å². The van der Waals surface area contributed by atoms with Crippen LogP contribution in [0.1, 0.15) is 58.8 Å². The van der Waals surface area contributed by atoms with Crippen LogP contribution in [0.15, 0.2) is 0 Å². The van der Waals surface area contributed by atoms with Gasteiger partial charge in [-0.1, -0.05) is 13.3 Å². The minimum atomic E-state index is 0.466. The molecule has 3 rings (SSSR count). The van der Waals surface area contributed by atoms with Gasteiger partial charge in [0.2, 0.25) is 0 Å². The van der Waals surface area contributed by atoms with Crippen molar-refractivity contribution >= 4 is 0 Å². The van der Waals surface area contributed by atoms with Crippen LogP contribution in [0, 0.1) is 23.7 Å². The summed E-state index contributed by atoms with van der Waals surface area (Å²) in [6.45, 7) is 6.71. The molecule has 0 spiro atoms. The fourth-order valence-corrected chi connectivity index (χ4v) is 5.01. The van der Waals surface area contributed by atoms with E-state index >= 15 is 0 Å². The fraction of sp³-hybridized carbons (Fsp3) is 1.00. The van der Waals surface area contributed by atoms with Crippen molar-refractivity contribution in [3.8, 4) is 0 Å². The summed E-state index contributed by atoms with van der Waals surface area (Å²) in [4.78, 5) is 0. The minimum Gasteiger partial charge on any atom is -0.378 e. The molecule has 2 aliphatic carbocycles. The quantitative estimate of drug-likeness (QED) is 0.792. The first-order valence-corrected chi connectivity index (χ1v) is 8.63. The molecule has 0 aromatic carbocycles. The number of nitrogens with one attached hydrogen (secondary N) is 1. The molecule has 19 heavy (non-hydrogen) atoms. The Bertz CT molecular complexity index is 293. The van der Waals surface area contributed by atoms with Crippen LogP contribution < -0.4 is 5.32 Å². The summed E-state index contributed by atoms with van der Waals surface area (Å²) in [5, 5.41) is 3.85. The first-order valence-electron chi connectivity index (χ1n) is 8.63. The summed E-state index contributed by atoms with van der Waals surface area (Å²) < 4.78 is 5.81. The van der Waals surface area contributed by atoms with Crippen LogP contribution in [0.2, 0.25) is 0 Å². The predicted octanol–water partition coefficient (Wildman–Crippen LogP) is 3.61. The monoisotopic (exact) mass is 265 g/mol. The van der Waals surface area contributed by atoms with Gasteiger partial charge in [-0.3, -0.25) is 0 Å². The molecule has 2 saturated carbocycles. The average Bonchev–Trinajstić information content (AvgIpc) is 3.10. The van der Waals surface area contributed by atoms with Gasteiger partial charge in [-0.2, -0.15) is 0 Å². The number of ether oxygens (including phenoxy) is 1. The summed E-state index contributed by atoms with van der Waals surface area (Å²) in [6, 6.07) is 0.710. The summed E-state index contributed by atoms with van der Waals surface area (Å²) in [5.74, 6) is 3.92. The Balaban J connectivity index is 1.58. The van der Waals surface area contributed by atoms with Gasteiger partial charge in [0.05, 0.1) is 6.10 Å². The standard InChI is InChI=1S/C17H31NO/c1-3-7-18-17(16-6-8-19-12(16)2)11-15-10-13-4-5-14(15)9-13/h12-18H,3-11H2,1-2H3. The fourth-order valence-electron chi connectivity index (χ4n) is 5.01. The molecular formula is C17H31NO. The van der Waals surface area contributed by atoms with Crippen LogP contribution in [0.4, 0.5) is 0 Å². The van der Waals surface area contributed by atoms with Crippen molar-refractivity contribution in [2.24, 2.45) is 23.7 Å². The second-order valence-corrected chi connectivity index (χ2v) is 7.26. The topological polar surface area (TPSA) is 21.3 Å². The maximum atomic E-state index is 5.81. The molecule has 3 aliphatic rings. The summed E-state index contributed by atoms with van der Waals surface area (Å²) >= 11 is 0. The predicted molar refractivity (Wildman–Crippen MR) is 79.2 cm³/mol. The van der Waals surface area contributed by atoms with Gasteiger partial charge >= 0.3 is 0 Å². The van der Waals surface area contributed by atoms with Crippen molar-refractivity contribution in [2.75, 3.05) is 13.2 Å². The Morgan fingerprint density at radius 3 is 2.68 bits per heavy atom. The molecule has 110 valence electrons. The zero-order chi connectivity index (χ0) is 13.2. The van der Waals surface area contributed by atoms with Crippen molar-refractivity contribution in [1.82, 2.24) is 5.32 Å². The third-order valence-electron chi connectivity index (χ3n) is 6.05. The van der Waals surface area contributed by atoms with Gasteiger partial charge in [0.1, 0.15) is 0 Å². The second-order valence-electron chi connectivity index (χ2n) is 7.26. The molecule has 0 amide bonds. The van der Waals surface area contributed by atoms with Crippen LogP contribution in [-0.4, -0.2) is 25.3 Å². The lowest BCUT2D eigenvalue weighted by Gasteiger charge is -2.32. The molecule has 0 aromatic heterocycles. The van der Waals surface area contributed by atoms with E-state index in [4.69, 9.17) is 4.74 Å². The van der Waals surface area contributed by atoms with Crippen LogP contribution in [0.5, 0.6) is 0 Å². The Kier molecular flexibility index (Phi) is 4.48. The van der Waals surface area contributed by atoms with E-state index in [1.54, 1.807) is 6.42 Å². The molecule has 0 radical (unpaired) electrons. The van der Waals surface area contributed by atoms with E-state index in [0.717, 1.165) is 30.3 Å². The zero-order valence-corrected chi connectivity index (χ0v) is 12.7. The van der Waals surface area contributed by atoms with Crippen molar-refractivity contribution < 1.29 is 4.74 Å². The number of rotatable bonds is 6. The summed E-state index contributed by atoms with van der Waals surface area (Å²) in [7, 11) is 0. The van der Waals surface area contributed by atoms with Gasteiger partial charge in [-0.15, -0.1) is 0 Å². The Labute approximate surface area is 118 Å². The maximum absolute atomic E-state index is 5.81. The first kappa shape index (κ1) is 13.9. The average molecular weight is 265 g/mol. The van der Waals surface area contributed by atoms with Gasteiger partial charge in [-0.05, 0) is 69.7 Å². The highest BCUT2D eigenvalue weighted by Gasteiger charge is 2.42. The molecular weight excluding hydrogens is 234 g/mol. The smallest absolute Gasteiger partial charge is 0.0590 e. The lowest BCUT2D eigenvalue weighted by molar-refractivity contribution is 0.0897. The molecule has 0 aromatic rings. The van der Waals surface area contributed by atoms with E-state index in [9.17, 15) is 0 Å². The molecule has 1 saturated heterocycles. The molecule has 6 unspecified atom stereocenters. The summed E-state index contributed by atoms with van der Waals surface area (Å²) in [6.07, 6.45) is 10.5. The molecule has 2 bridgehead atoms. The lowest BCUT2D eigenvalue weighted by atomic mass is 9.79. The van der Waals surface area contributed by atoms with Crippen molar-refractivity contribution in [3.05, 3.63) is 0 Å². The third kappa shape index (κ3) is 3.00. The molecule has 1 N–H and O–H groups in total. The largest absolute Gasteiger partial charge is 0.378 e. The summed E-state index contributed by atoms with van der Waals surface area (Å²) in [5.41, 5.74) is 0. The molecule has 2 heteroatoms. The van der Waals surface area contributed by atoms with Gasteiger partial charge in [0.15, 0.2) is 0 Å². The molecule has 6 atom stereocenters. The van der Waals surface area contributed by atoms with Crippen LogP contribution >= 0.6 is 0 Å². The Morgan fingerprint density at radius 2 is 2.11 bits per heavy atom. The van der Waals surface area contributed by atoms with E-state index in [1.807, 2.05) is 0 Å². The number of hydrogen-bond acceptors (Lipinski definition) is 2. The van der Waals surface area contributed by atoms with Crippen molar-refractivity contribution in [1.29, 1.82) is 0 Å². The normalized spacial score (nSPS) is 42.9. The van der Waals surface area contributed by atoms with E-state index in [2.05, 4.69) is 19.2 Å². The van der Waals surface area contributed by atoms with Crippen LogP contribution in [0.3, 0.4) is 0 Å². The van der Waals surface area contributed by atoms with E-state index in [-0.39, 0.29) is 0 Å². The highest BCUT2D eigenvalue weighted by molar-refractivity contribution is 4.94. The second kappa shape index (κ2) is 6.13. The maximum Gasteiger partial charge on any atom is 0.0590 e. The van der Waals surface area contributed by atoms with E-state index in [1.165, 1.54) is 45.1 Å². The van der Waals surface area contributed by atoms with Gasteiger partial charge in [-0.25, -0.2) is 0 Å². The first-order chi connectivity index (χ1) is 9.28. The lowest BCUT2D eigenvalue weighted by Crippen LogP contribution is -2.41. The number of hydrogen-bond donors (Lipinski definition) is 1. The van der Waals surface area contributed by atoms with Gasteiger partial charge in [0.25, 0.3) is 0 Å². The SMILES string of the molecule is CCCNC(CC1CC2CCC1C2)C1CCOC1C.